The van der Waals surface area contributed by atoms with Crippen molar-refractivity contribution in [1.82, 2.24) is 9.80 Å². The van der Waals surface area contributed by atoms with E-state index in [-0.39, 0.29) is 30.4 Å². The van der Waals surface area contributed by atoms with Crippen molar-refractivity contribution in [3.05, 3.63) is 48.5 Å². The van der Waals surface area contributed by atoms with E-state index >= 15 is 0 Å². The van der Waals surface area contributed by atoms with Crippen LogP contribution in [0.2, 0.25) is 0 Å². The lowest BCUT2D eigenvalue weighted by molar-refractivity contribution is -0.134. The molecule has 1 aliphatic rings. The van der Waals surface area contributed by atoms with E-state index in [0.29, 0.717) is 31.9 Å². The van der Waals surface area contributed by atoms with Crippen LogP contribution < -0.4 is 20.3 Å². The van der Waals surface area contributed by atoms with Crippen LogP contribution in [0.5, 0.6) is 5.75 Å². The number of rotatable bonds is 7. The fourth-order valence-electron chi connectivity index (χ4n) is 3.81. The number of carbonyl (C=O) groups is 3. The Morgan fingerprint density at radius 3 is 2.00 bits per heavy atom. The molecule has 34 heavy (non-hydrogen) atoms. The Morgan fingerprint density at radius 2 is 1.47 bits per heavy atom. The number of piperazine rings is 1. The van der Waals surface area contributed by atoms with Gasteiger partial charge in [0.25, 0.3) is 0 Å². The Bertz CT molecular complexity index is 983. The highest BCUT2D eigenvalue weighted by atomic mass is 16.5. The van der Waals surface area contributed by atoms with E-state index < -0.39 is 0 Å². The van der Waals surface area contributed by atoms with Gasteiger partial charge in [0.05, 0.1) is 7.11 Å². The van der Waals surface area contributed by atoms with Gasteiger partial charge in [-0.2, -0.15) is 0 Å². The van der Waals surface area contributed by atoms with Gasteiger partial charge in [0.1, 0.15) is 12.3 Å². The third-order valence-electron chi connectivity index (χ3n) is 5.77. The number of carbonyl (C=O) groups excluding carboxylic acids is 3. The third-order valence-corrected chi connectivity index (χ3v) is 5.77. The minimum atomic E-state index is -0.229. The fraction of sp³-hybridized carbons (Fsp3) is 0.400. The lowest BCUT2D eigenvalue weighted by atomic mass is 10.2. The molecular weight excluding hydrogens is 434 g/mol. The smallest absolute Gasteiger partial charge is 0.321 e. The Hall–Kier alpha value is -3.75. The van der Waals surface area contributed by atoms with Crippen LogP contribution in [0.1, 0.15) is 20.8 Å². The minimum absolute atomic E-state index is 0.0231. The van der Waals surface area contributed by atoms with Crippen molar-refractivity contribution in [2.24, 2.45) is 0 Å². The highest BCUT2D eigenvalue weighted by Gasteiger charge is 2.22. The first-order valence-corrected chi connectivity index (χ1v) is 11.4. The van der Waals surface area contributed by atoms with Gasteiger partial charge in [-0.25, -0.2) is 4.79 Å². The van der Waals surface area contributed by atoms with Crippen LogP contribution in [0.25, 0.3) is 0 Å². The standard InChI is InChI=1S/C25H33N5O4/c1-18(2)30(19(3)31)17-24(32)26-20-5-9-22(10-6-20)28-13-15-29(16-14-28)25(33)27-21-7-11-23(34-4)12-8-21/h5-12,18H,13-17H2,1-4H3,(H,26,32)(H,27,33). The Labute approximate surface area is 200 Å². The number of nitrogens with one attached hydrogen (secondary N) is 2. The monoisotopic (exact) mass is 467 g/mol. The molecule has 9 nitrogen and oxygen atoms in total. The van der Waals surface area contributed by atoms with Gasteiger partial charge in [0, 0.05) is 56.2 Å². The summed E-state index contributed by atoms with van der Waals surface area (Å²) in [4.78, 5) is 42.1. The summed E-state index contributed by atoms with van der Waals surface area (Å²) in [5, 5.41) is 5.76. The summed E-state index contributed by atoms with van der Waals surface area (Å²) in [6.45, 7) is 7.89. The Morgan fingerprint density at radius 1 is 0.912 bits per heavy atom. The van der Waals surface area contributed by atoms with Crippen molar-refractivity contribution in [3.8, 4) is 5.75 Å². The zero-order chi connectivity index (χ0) is 24.7. The normalized spacial score (nSPS) is 13.4. The van der Waals surface area contributed by atoms with Gasteiger partial charge < -0.3 is 30.1 Å². The molecule has 1 heterocycles. The molecule has 0 saturated carbocycles. The molecule has 0 radical (unpaired) electrons. The molecule has 0 unspecified atom stereocenters. The second-order valence-electron chi connectivity index (χ2n) is 8.47. The van der Waals surface area contributed by atoms with E-state index in [1.807, 2.05) is 62.4 Å². The van der Waals surface area contributed by atoms with Gasteiger partial charge in [-0.1, -0.05) is 0 Å². The molecular formula is C25H33N5O4. The SMILES string of the molecule is COc1ccc(NC(=O)N2CCN(c3ccc(NC(=O)CN(C(C)=O)C(C)C)cc3)CC2)cc1. The highest BCUT2D eigenvalue weighted by molar-refractivity contribution is 5.94. The van der Waals surface area contributed by atoms with Crippen molar-refractivity contribution in [1.29, 1.82) is 0 Å². The van der Waals surface area contributed by atoms with E-state index in [1.54, 1.807) is 12.0 Å². The van der Waals surface area contributed by atoms with E-state index in [1.165, 1.54) is 11.8 Å². The fourth-order valence-corrected chi connectivity index (χ4v) is 3.81. The zero-order valence-corrected chi connectivity index (χ0v) is 20.2. The second kappa shape index (κ2) is 11.4. The van der Waals surface area contributed by atoms with Gasteiger partial charge in [-0.15, -0.1) is 0 Å². The average molecular weight is 468 g/mol. The van der Waals surface area contributed by atoms with Gasteiger partial charge >= 0.3 is 6.03 Å². The number of anilines is 3. The van der Waals surface area contributed by atoms with Gasteiger partial charge in [0.15, 0.2) is 0 Å². The van der Waals surface area contributed by atoms with Crippen molar-refractivity contribution in [3.63, 3.8) is 0 Å². The Balaban J connectivity index is 1.48. The number of methoxy groups -OCH3 is 1. The van der Waals surface area contributed by atoms with E-state index in [4.69, 9.17) is 4.74 Å². The number of urea groups is 1. The summed E-state index contributed by atoms with van der Waals surface area (Å²) >= 11 is 0. The lowest BCUT2D eigenvalue weighted by Crippen LogP contribution is -2.50. The van der Waals surface area contributed by atoms with Crippen molar-refractivity contribution in [2.45, 2.75) is 26.8 Å². The van der Waals surface area contributed by atoms with Crippen LogP contribution in [-0.4, -0.2) is 73.5 Å². The van der Waals surface area contributed by atoms with Gasteiger partial charge in [-0.05, 0) is 62.4 Å². The first kappa shape index (κ1) is 24.9. The number of nitrogens with zero attached hydrogens (tertiary/aromatic N) is 3. The minimum Gasteiger partial charge on any atom is -0.497 e. The molecule has 1 saturated heterocycles. The van der Waals surface area contributed by atoms with Crippen LogP contribution in [0, 0.1) is 0 Å². The predicted octanol–water partition coefficient (Wildman–Crippen LogP) is 3.24. The first-order valence-electron chi connectivity index (χ1n) is 11.4. The topological polar surface area (TPSA) is 94.2 Å². The third kappa shape index (κ3) is 6.63. The van der Waals surface area contributed by atoms with Crippen molar-refractivity contribution in [2.75, 3.05) is 55.4 Å². The molecule has 2 N–H and O–H groups in total. The molecule has 4 amide bonds. The maximum atomic E-state index is 12.6. The van der Waals surface area contributed by atoms with E-state index in [0.717, 1.165) is 17.1 Å². The van der Waals surface area contributed by atoms with Crippen molar-refractivity contribution >= 4 is 34.9 Å². The first-order chi connectivity index (χ1) is 16.3. The second-order valence-corrected chi connectivity index (χ2v) is 8.47. The lowest BCUT2D eigenvalue weighted by Gasteiger charge is -2.36. The summed E-state index contributed by atoms with van der Waals surface area (Å²) in [6.07, 6.45) is 0. The number of amides is 4. The molecule has 0 aliphatic carbocycles. The molecule has 1 aliphatic heterocycles. The molecule has 9 heteroatoms. The number of hydrogen-bond donors (Lipinski definition) is 2. The van der Waals surface area contributed by atoms with Crippen LogP contribution in [-0.2, 0) is 9.59 Å². The van der Waals surface area contributed by atoms with E-state index in [2.05, 4.69) is 15.5 Å². The number of benzene rings is 2. The largest absolute Gasteiger partial charge is 0.497 e. The number of ether oxygens (including phenoxy) is 1. The van der Waals surface area contributed by atoms with Gasteiger partial charge in [0.2, 0.25) is 11.8 Å². The zero-order valence-electron chi connectivity index (χ0n) is 20.2. The average Bonchev–Trinajstić information content (AvgIpc) is 2.83. The summed E-state index contributed by atoms with van der Waals surface area (Å²) in [5.74, 6) is 0.385. The number of hydrogen-bond acceptors (Lipinski definition) is 5. The summed E-state index contributed by atoms with van der Waals surface area (Å²) < 4.78 is 5.14. The highest BCUT2D eigenvalue weighted by Crippen LogP contribution is 2.21. The van der Waals surface area contributed by atoms with Crippen LogP contribution in [0.15, 0.2) is 48.5 Å². The van der Waals surface area contributed by atoms with Crippen molar-refractivity contribution < 1.29 is 19.1 Å². The summed E-state index contributed by atoms with van der Waals surface area (Å²) in [5.41, 5.74) is 2.44. The molecule has 1 fully saturated rings. The predicted molar refractivity (Wildman–Crippen MR) is 133 cm³/mol. The van der Waals surface area contributed by atoms with Gasteiger partial charge in [-0.3, -0.25) is 9.59 Å². The van der Waals surface area contributed by atoms with Crippen LogP contribution in [0.4, 0.5) is 21.9 Å². The molecule has 2 aromatic rings. The molecule has 0 spiro atoms. The van der Waals surface area contributed by atoms with Crippen LogP contribution >= 0.6 is 0 Å². The molecule has 0 bridgehead atoms. The maximum absolute atomic E-state index is 12.6. The summed E-state index contributed by atoms with van der Waals surface area (Å²) in [6, 6.07) is 14.7. The Kier molecular flexibility index (Phi) is 8.34. The van der Waals surface area contributed by atoms with Crippen LogP contribution in [0.3, 0.4) is 0 Å². The molecule has 182 valence electrons. The molecule has 0 aromatic heterocycles. The quantitative estimate of drug-likeness (QED) is 0.652. The van der Waals surface area contributed by atoms with E-state index in [9.17, 15) is 14.4 Å². The molecule has 2 aromatic carbocycles. The summed E-state index contributed by atoms with van der Waals surface area (Å²) in [7, 11) is 1.60. The molecule has 0 atom stereocenters. The maximum Gasteiger partial charge on any atom is 0.321 e. The molecule has 3 rings (SSSR count).